The van der Waals surface area contributed by atoms with Crippen molar-refractivity contribution in [3.63, 3.8) is 0 Å². The summed E-state index contributed by atoms with van der Waals surface area (Å²) >= 11 is 1.56. The van der Waals surface area contributed by atoms with Gasteiger partial charge in [-0.1, -0.05) is 42.1 Å². The highest BCUT2D eigenvalue weighted by Gasteiger charge is 2.11. The highest BCUT2D eigenvalue weighted by Crippen LogP contribution is 2.31. The van der Waals surface area contributed by atoms with Crippen molar-refractivity contribution in [2.24, 2.45) is 0 Å². The van der Waals surface area contributed by atoms with Crippen LogP contribution < -0.4 is 15.3 Å². The van der Waals surface area contributed by atoms with E-state index in [1.165, 1.54) is 0 Å². The number of ether oxygens (including phenoxy) is 2. The van der Waals surface area contributed by atoms with E-state index in [1.807, 2.05) is 54.7 Å². The molecule has 0 aliphatic heterocycles. The molecule has 0 aliphatic rings. The second-order valence-electron chi connectivity index (χ2n) is 5.15. The third-order valence-electron chi connectivity index (χ3n) is 3.61. The number of methoxy groups -OCH3 is 2. The monoisotopic (exact) mass is 341 g/mol. The third kappa shape index (κ3) is 3.49. The fourth-order valence-electron chi connectivity index (χ4n) is 2.37. The smallest absolute Gasteiger partial charge is 0.187 e. The molecule has 2 N–H and O–H groups in total. The van der Waals surface area contributed by atoms with Crippen molar-refractivity contribution in [2.75, 3.05) is 20.1 Å². The Kier molecular flexibility index (Phi) is 4.96. The van der Waals surface area contributed by atoms with Crippen LogP contribution in [0, 0.1) is 0 Å². The van der Waals surface area contributed by atoms with Gasteiger partial charge in [-0.3, -0.25) is 0 Å². The van der Waals surface area contributed by atoms with E-state index in [0.29, 0.717) is 5.75 Å². The fourth-order valence-corrected chi connectivity index (χ4v) is 3.24. The lowest BCUT2D eigenvalue weighted by Crippen LogP contribution is -2.07. The quantitative estimate of drug-likeness (QED) is 0.548. The molecule has 0 bridgehead atoms. The molecule has 0 atom stereocenters. The highest BCUT2D eigenvalue weighted by molar-refractivity contribution is 7.98. The number of thioether (sulfide) groups is 1. The summed E-state index contributed by atoms with van der Waals surface area (Å²) in [6.07, 6.45) is 1.83. The van der Waals surface area contributed by atoms with E-state index in [9.17, 15) is 0 Å². The molecule has 5 nitrogen and oxygen atoms in total. The molecule has 0 saturated heterocycles. The Morgan fingerprint density at radius 1 is 1.08 bits per heavy atom. The predicted molar refractivity (Wildman–Crippen MR) is 96.9 cm³/mol. The van der Waals surface area contributed by atoms with E-state index in [0.717, 1.165) is 33.5 Å². The van der Waals surface area contributed by atoms with Gasteiger partial charge in [0.25, 0.3) is 0 Å². The van der Waals surface area contributed by atoms with Gasteiger partial charge in [-0.05, 0) is 18.2 Å². The second-order valence-corrected chi connectivity index (χ2v) is 6.09. The van der Waals surface area contributed by atoms with Gasteiger partial charge in [0.1, 0.15) is 11.5 Å². The number of imidazole rings is 1. The summed E-state index contributed by atoms with van der Waals surface area (Å²) in [6, 6.07) is 15.7. The molecule has 0 fully saturated rings. The number of nitrogen functional groups attached to an aromatic ring is 1. The Bertz CT molecular complexity index is 818. The molecular weight excluding hydrogens is 322 g/mol. The molecule has 124 valence electrons. The molecule has 0 aliphatic carbocycles. The number of rotatable bonds is 6. The Balaban J connectivity index is 1.79. The van der Waals surface area contributed by atoms with Crippen LogP contribution in [0.2, 0.25) is 0 Å². The molecule has 2 aromatic carbocycles. The highest BCUT2D eigenvalue weighted by atomic mass is 32.2. The van der Waals surface area contributed by atoms with Gasteiger partial charge in [0.05, 0.1) is 26.1 Å². The van der Waals surface area contributed by atoms with E-state index < -0.39 is 0 Å². The lowest BCUT2D eigenvalue weighted by Gasteiger charge is -2.10. The second kappa shape index (κ2) is 7.31. The van der Waals surface area contributed by atoms with E-state index in [4.69, 9.17) is 15.3 Å². The van der Waals surface area contributed by atoms with Crippen LogP contribution in [0.15, 0.2) is 59.9 Å². The van der Waals surface area contributed by atoms with Crippen LogP contribution >= 0.6 is 11.8 Å². The molecule has 0 saturated carbocycles. The third-order valence-corrected chi connectivity index (χ3v) is 4.63. The fraction of sp³-hybridized carbons (Fsp3) is 0.167. The lowest BCUT2D eigenvalue weighted by atomic mass is 10.2. The molecule has 0 spiro atoms. The Hall–Kier alpha value is -2.60. The van der Waals surface area contributed by atoms with Crippen molar-refractivity contribution in [3.05, 3.63) is 60.3 Å². The average Bonchev–Trinajstić information content (AvgIpc) is 3.01. The summed E-state index contributed by atoms with van der Waals surface area (Å²) in [5.74, 6) is 8.35. The average molecular weight is 341 g/mol. The minimum atomic E-state index is 0.683. The number of aromatic nitrogens is 2. The zero-order chi connectivity index (χ0) is 16.9. The van der Waals surface area contributed by atoms with Gasteiger partial charge in [0.15, 0.2) is 5.16 Å². The van der Waals surface area contributed by atoms with Crippen LogP contribution in [-0.4, -0.2) is 23.9 Å². The van der Waals surface area contributed by atoms with Gasteiger partial charge >= 0.3 is 0 Å². The Labute approximate surface area is 145 Å². The standard InChI is InChI=1S/C18H19N3O2S/c1-22-15-8-9-17(23-2)14(10-15)12-24-18-20-16(11-21(18)19)13-6-4-3-5-7-13/h3-11H,12,19H2,1-2H3. The summed E-state index contributed by atoms with van der Waals surface area (Å²) < 4.78 is 12.2. The SMILES string of the molecule is COc1ccc(OC)c(CSc2nc(-c3ccccc3)cn2N)c1. The summed E-state index contributed by atoms with van der Waals surface area (Å²) in [4.78, 5) is 4.62. The number of nitrogens with zero attached hydrogens (tertiary/aromatic N) is 2. The lowest BCUT2D eigenvalue weighted by molar-refractivity contribution is 0.400. The maximum atomic E-state index is 6.05. The first-order valence-electron chi connectivity index (χ1n) is 7.45. The van der Waals surface area contributed by atoms with Crippen molar-refractivity contribution in [1.82, 2.24) is 9.66 Å². The number of hydrogen-bond donors (Lipinski definition) is 1. The van der Waals surface area contributed by atoms with Crippen molar-refractivity contribution in [1.29, 1.82) is 0 Å². The van der Waals surface area contributed by atoms with Gasteiger partial charge in [-0.2, -0.15) is 0 Å². The van der Waals surface area contributed by atoms with Gasteiger partial charge in [0.2, 0.25) is 0 Å². The van der Waals surface area contributed by atoms with Crippen molar-refractivity contribution < 1.29 is 9.47 Å². The van der Waals surface area contributed by atoms with E-state index in [1.54, 1.807) is 30.7 Å². The first-order chi connectivity index (χ1) is 11.7. The van der Waals surface area contributed by atoms with E-state index >= 15 is 0 Å². The topological polar surface area (TPSA) is 62.3 Å². The molecule has 1 aromatic heterocycles. The first-order valence-corrected chi connectivity index (χ1v) is 8.43. The minimum Gasteiger partial charge on any atom is -0.497 e. The predicted octanol–water partition coefficient (Wildman–Crippen LogP) is 3.57. The number of benzene rings is 2. The molecule has 3 aromatic rings. The molecule has 24 heavy (non-hydrogen) atoms. The molecule has 0 radical (unpaired) electrons. The summed E-state index contributed by atoms with van der Waals surface area (Å²) in [5, 5.41) is 0.749. The van der Waals surface area contributed by atoms with Crippen LogP contribution in [0.25, 0.3) is 11.3 Å². The van der Waals surface area contributed by atoms with Crippen LogP contribution in [0.1, 0.15) is 5.56 Å². The van der Waals surface area contributed by atoms with Gasteiger partial charge in [-0.15, -0.1) is 0 Å². The maximum Gasteiger partial charge on any atom is 0.187 e. The normalized spacial score (nSPS) is 10.6. The van der Waals surface area contributed by atoms with Crippen LogP contribution in [0.5, 0.6) is 11.5 Å². The van der Waals surface area contributed by atoms with Crippen LogP contribution in [0.4, 0.5) is 0 Å². The largest absolute Gasteiger partial charge is 0.497 e. The summed E-state index contributed by atoms with van der Waals surface area (Å²) in [5.41, 5.74) is 2.94. The molecule has 6 heteroatoms. The maximum absolute atomic E-state index is 6.05. The zero-order valence-corrected chi connectivity index (χ0v) is 14.4. The molecular formula is C18H19N3O2S. The van der Waals surface area contributed by atoms with E-state index in [-0.39, 0.29) is 0 Å². The summed E-state index contributed by atoms with van der Waals surface area (Å²) in [6.45, 7) is 0. The Morgan fingerprint density at radius 3 is 2.58 bits per heavy atom. The Morgan fingerprint density at radius 2 is 1.88 bits per heavy atom. The minimum absolute atomic E-state index is 0.683. The van der Waals surface area contributed by atoms with Gasteiger partial charge in [-0.25, -0.2) is 9.66 Å². The number of hydrogen-bond acceptors (Lipinski definition) is 5. The molecule has 0 amide bonds. The molecule has 1 heterocycles. The van der Waals surface area contributed by atoms with Crippen molar-refractivity contribution >= 4 is 11.8 Å². The molecule has 0 unspecified atom stereocenters. The first kappa shape index (κ1) is 16.3. The zero-order valence-electron chi connectivity index (χ0n) is 13.6. The van der Waals surface area contributed by atoms with Gasteiger partial charge in [0, 0.05) is 16.9 Å². The van der Waals surface area contributed by atoms with Crippen LogP contribution in [-0.2, 0) is 5.75 Å². The van der Waals surface area contributed by atoms with Gasteiger partial charge < -0.3 is 15.3 Å². The molecule has 3 rings (SSSR count). The van der Waals surface area contributed by atoms with E-state index in [2.05, 4.69) is 4.98 Å². The van der Waals surface area contributed by atoms with Crippen molar-refractivity contribution in [2.45, 2.75) is 10.9 Å². The number of nitrogens with two attached hydrogens (primary N) is 1. The van der Waals surface area contributed by atoms with Crippen LogP contribution in [0.3, 0.4) is 0 Å². The van der Waals surface area contributed by atoms with Crippen molar-refractivity contribution in [3.8, 4) is 22.8 Å². The summed E-state index contributed by atoms with van der Waals surface area (Å²) in [7, 11) is 3.31.